The zero-order chi connectivity index (χ0) is 16.2. The molecule has 1 amide bonds. The molecule has 1 saturated heterocycles. The Kier molecular flexibility index (Phi) is 5.18. The van der Waals surface area contributed by atoms with E-state index < -0.39 is 0 Å². The number of ether oxygens (including phenoxy) is 1. The van der Waals surface area contributed by atoms with Crippen molar-refractivity contribution in [1.82, 2.24) is 9.88 Å². The van der Waals surface area contributed by atoms with Crippen LogP contribution in [-0.4, -0.2) is 35.0 Å². The molecule has 0 aliphatic carbocycles. The van der Waals surface area contributed by atoms with Gasteiger partial charge < -0.3 is 9.64 Å². The molecule has 2 heterocycles. The number of piperidine rings is 1. The number of benzene rings is 1. The molecule has 0 saturated carbocycles. The van der Waals surface area contributed by atoms with E-state index in [-0.39, 0.29) is 12.0 Å². The van der Waals surface area contributed by atoms with Crippen molar-refractivity contribution in [1.29, 1.82) is 0 Å². The van der Waals surface area contributed by atoms with Crippen LogP contribution >= 0.6 is 27.5 Å². The summed E-state index contributed by atoms with van der Waals surface area (Å²) in [5.74, 6) is 0.790. The third kappa shape index (κ3) is 4.03. The molecule has 6 heteroatoms. The first-order valence-corrected chi connectivity index (χ1v) is 8.61. The Morgan fingerprint density at radius 2 is 1.91 bits per heavy atom. The molecule has 1 aliphatic heterocycles. The summed E-state index contributed by atoms with van der Waals surface area (Å²) in [5.41, 5.74) is 0.537. The summed E-state index contributed by atoms with van der Waals surface area (Å²) in [6.45, 7) is 1.33. The van der Waals surface area contributed by atoms with Gasteiger partial charge >= 0.3 is 0 Å². The third-order valence-corrected chi connectivity index (χ3v) is 4.66. The number of likely N-dealkylation sites (tertiary alicyclic amines) is 1. The number of nitrogens with zero attached hydrogens (tertiary/aromatic N) is 2. The smallest absolute Gasteiger partial charge is 0.255 e. The molecule has 0 radical (unpaired) electrons. The molecular formula is C17H16BrClN2O2. The van der Waals surface area contributed by atoms with Gasteiger partial charge in [-0.3, -0.25) is 9.78 Å². The second kappa shape index (κ2) is 7.32. The molecule has 2 aromatic rings. The molecule has 0 spiro atoms. The molecular weight excluding hydrogens is 380 g/mol. The SMILES string of the molecule is O=C(c1cc(Br)ccc1Cl)N1CCC(Oc2ccncc2)CC1. The minimum absolute atomic E-state index is 0.0290. The van der Waals surface area contributed by atoms with Crippen LogP contribution in [0.15, 0.2) is 47.2 Å². The lowest BCUT2D eigenvalue weighted by atomic mass is 10.1. The van der Waals surface area contributed by atoms with Crippen LogP contribution < -0.4 is 4.74 Å². The van der Waals surface area contributed by atoms with Crippen LogP contribution in [-0.2, 0) is 0 Å². The van der Waals surface area contributed by atoms with E-state index in [0.717, 1.165) is 23.1 Å². The third-order valence-electron chi connectivity index (χ3n) is 3.84. The minimum Gasteiger partial charge on any atom is -0.490 e. The molecule has 120 valence electrons. The van der Waals surface area contributed by atoms with Gasteiger partial charge in [-0.25, -0.2) is 0 Å². The Morgan fingerprint density at radius 1 is 1.22 bits per heavy atom. The number of pyridine rings is 1. The van der Waals surface area contributed by atoms with E-state index in [1.54, 1.807) is 24.5 Å². The largest absolute Gasteiger partial charge is 0.490 e. The van der Waals surface area contributed by atoms with Crippen molar-refractivity contribution in [3.05, 3.63) is 57.8 Å². The van der Waals surface area contributed by atoms with Gasteiger partial charge in [-0.05, 0) is 30.3 Å². The van der Waals surface area contributed by atoms with Crippen LogP contribution in [0.3, 0.4) is 0 Å². The monoisotopic (exact) mass is 394 g/mol. The average Bonchev–Trinajstić information content (AvgIpc) is 2.58. The van der Waals surface area contributed by atoms with E-state index in [1.165, 1.54) is 0 Å². The van der Waals surface area contributed by atoms with Crippen LogP contribution in [0.25, 0.3) is 0 Å². The van der Waals surface area contributed by atoms with Crippen molar-refractivity contribution < 1.29 is 9.53 Å². The summed E-state index contributed by atoms with van der Waals surface area (Å²) in [6, 6.07) is 9.02. The Hall–Kier alpha value is -1.59. The van der Waals surface area contributed by atoms with Gasteiger partial charge in [0.15, 0.2) is 0 Å². The second-order valence-corrected chi connectivity index (χ2v) is 6.74. The highest BCUT2D eigenvalue weighted by Gasteiger charge is 2.25. The summed E-state index contributed by atoms with van der Waals surface area (Å²) in [4.78, 5) is 18.4. The van der Waals surface area contributed by atoms with E-state index in [1.807, 2.05) is 23.1 Å². The van der Waals surface area contributed by atoms with Gasteiger partial charge in [0.1, 0.15) is 11.9 Å². The molecule has 0 unspecified atom stereocenters. The second-order valence-electron chi connectivity index (χ2n) is 5.42. The molecule has 3 rings (SSSR count). The van der Waals surface area contributed by atoms with Gasteiger partial charge in [-0.2, -0.15) is 0 Å². The Labute approximate surface area is 148 Å². The highest BCUT2D eigenvalue weighted by atomic mass is 79.9. The zero-order valence-corrected chi connectivity index (χ0v) is 14.8. The van der Waals surface area contributed by atoms with Gasteiger partial charge in [0.25, 0.3) is 5.91 Å². The molecule has 0 atom stereocenters. The van der Waals surface area contributed by atoms with Crippen molar-refractivity contribution in [2.24, 2.45) is 0 Å². The number of amides is 1. The lowest BCUT2D eigenvalue weighted by Gasteiger charge is -2.32. The molecule has 4 nitrogen and oxygen atoms in total. The molecule has 1 aliphatic rings. The van der Waals surface area contributed by atoms with Crippen LogP contribution in [0, 0.1) is 0 Å². The highest BCUT2D eigenvalue weighted by Crippen LogP contribution is 2.25. The Bertz CT molecular complexity index is 688. The first-order chi connectivity index (χ1) is 11.1. The van der Waals surface area contributed by atoms with E-state index in [9.17, 15) is 4.79 Å². The Balaban J connectivity index is 1.60. The minimum atomic E-state index is -0.0290. The summed E-state index contributed by atoms with van der Waals surface area (Å²) in [5, 5.41) is 0.480. The van der Waals surface area contributed by atoms with Crippen molar-refractivity contribution in [3.8, 4) is 5.75 Å². The number of aromatic nitrogens is 1. The first kappa shape index (κ1) is 16.3. The maximum atomic E-state index is 12.6. The van der Waals surface area contributed by atoms with E-state index in [2.05, 4.69) is 20.9 Å². The van der Waals surface area contributed by atoms with Crippen LogP contribution in [0.4, 0.5) is 0 Å². The van der Waals surface area contributed by atoms with Gasteiger partial charge in [0.2, 0.25) is 0 Å². The highest BCUT2D eigenvalue weighted by molar-refractivity contribution is 9.10. The van der Waals surface area contributed by atoms with Crippen molar-refractivity contribution >= 4 is 33.4 Å². The van der Waals surface area contributed by atoms with Crippen molar-refractivity contribution in [2.45, 2.75) is 18.9 Å². The van der Waals surface area contributed by atoms with E-state index in [4.69, 9.17) is 16.3 Å². The fourth-order valence-corrected chi connectivity index (χ4v) is 3.18. The number of carbonyl (C=O) groups is 1. The molecule has 23 heavy (non-hydrogen) atoms. The lowest BCUT2D eigenvalue weighted by molar-refractivity contribution is 0.0595. The number of hydrogen-bond donors (Lipinski definition) is 0. The first-order valence-electron chi connectivity index (χ1n) is 7.44. The fourth-order valence-electron chi connectivity index (χ4n) is 2.62. The van der Waals surface area contributed by atoms with Crippen molar-refractivity contribution in [2.75, 3.05) is 13.1 Å². The number of halogens is 2. The topological polar surface area (TPSA) is 42.4 Å². The van der Waals surface area contributed by atoms with Gasteiger partial charge in [0.05, 0.1) is 10.6 Å². The van der Waals surface area contributed by atoms with Gasteiger partial charge in [-0.15, -0.1) is 0 Å². The van der Waals surface area contributed by atoms with Crippen LogP contribution in [0.1, 0.15) is 23.2 Å². The fraction of sp³-hybridized carbons (Fsp3) is 0.294. The summed E-state index contributed by atoms with van der Waals surface area (Å²) >= 11 is 9.53. The Morgan fingerprint density at radius 3 is 2.61 bits per heavy atom. The standard InChI is InChI=1S/C17H16BrClN2O2/c18-12-1-2-16(19)15(11-12)17(22)21-9-5-14(6-10-21)23-13-3-7-20-8-4-13/h1-4,7-8,11,14H,5-6,9-10H2. The van der Waals surface area contributed by atoms with E-state index in [0.29, 0.717) is 23.7 Å². The number of hydrogen-bond acceptors (Lipinski definition) is 3. The summed E-state index contributed by atoms with van der Waals surface area (Å²) < 4.78 is 6.77. The van der Waals surface area contributed by atoms with Gasteiger partial charge in [0, 0.05) is 42.8 Å². The summed E-state index contributed by atoms with van der Waals surface area (Å²) in [7, 11) is 0. The lowest BCUT2D eigenvalue weighted by Crippen LogP contribution is -2.41. The molecule has 0 N–H and O–H groups in total. The number of carbonyl (C=O) groups excluding carboxylic acids is 1. The van der Waals surface area contributed by atoms with Crippen molar-refractivity contribution in [3.63, 3.8) is 0 Å². The molecule has 1 aromatic heterocycles. The summed E-state index contributed by atoms with van der Waals surface area (Å²) in [6.07, 6.45) is 5.16. The average molecular weight is 396 g/mol. The predicted molar refractivity (Wildman–Crippen MR) is 92.9 cm³/mol. The molecule has 1 fully saturated rings. The maximum Gasteiger partial charge on any atom is 0.255 e. The van der Waals surface area contributed by atoms with Crippen LogP contribution in [0.5, 0.6) is 5.75 Å². The number of rotatable bonds is 3. The molecule has 1 aromatic carbocycles. The quantitative estimate of drug-likeness (QED) is 0.783. The zero-order valence-electron chi connectivity index (χ0n) is 12.4. The van der Waals surface area contributed by atoms with Crippen LogP contribution in [0.2, 0.25) is 5.02 Å². The van der Waals surface area contributed by atoms with E-state index >= 15 is 0 Å². The normalized spacial score (nSPS) is 15.5. The maximum absolute atomic E-state index is 12.6. The van der Waals surface area contributed by atoms with Gasteiger partial charge in [-0.1, -0.05) is 27.5 Å². The predicted octanol–water partition coefficient (Wildman–Crippen LogP) is 4.18. The molecule has 0 bridgehead atoms.